The van der Waals surface area contributed by atoms with Gasteiger partial charge in [-0.3, -0.25) is 0 Å². The molecule has 5 nitrogen and oxygen atoms in total. The Hall–Kier alpha value is -1.57. The molecule has 0 aromatic carbocycles. The van der Waals surface area contributed by atoms with Gasteiger partial charge in [0.2, 0.25) is 5.95 Å². The fourth-order valence-electron chi connectivity index (χ4n) is 1.79. The molecule has 0 unspecified atom stereocenters. The van der Waals surface area contributed by atoms with Crippen LogP contribution in [-0.4, -0.2) is 42.8 Å². The normalized spacial score (nSPS) is 11.8. The van der Waals surface area contributed by atoms with E-state index in [1.165, 1.54) is 0 Å². The molecule has 0 fully saturated rings. The highest BCUT2D eigenvalue weighted by Crippen LogP contribution is 2.31. The highest BCUT2D eigenvalue weighted by atomic mass is 19.4. The van der Waals surface area contributed by atoms with Crippen molar-refractivity contribution >= 4 is 11.8 Å². The molecule has 21 heavy (non-hydrogen) atoms. The van der Waals surface area contributed by atoms with Crippen molar-refractivity contribution in [2.75, 3.05) is 37.0 Å². The van der Waals surface area contributed by atoms with Crippen molar-refractivity contribution in [2.24, 2.45) is 0 Å². The largest absolute Gasteiger partial charge is 0.433 e. The van der Waals surface area contributed by atoms with E-state index in [0.29, 0.717) is 19.7 Å². The van der Waals surface area contributed by atoms with Crippen molar-refractivity contribution in [1.82, 2.24) is 9.97 Å². The Morgan fingerprint density at radius 3 is 2.48 bits per heavy atom. The maximum Gasteiger partial charge on any atom is 0.433 e. The molecule has 1 heterocycles. The minimum atomic E-state index is -4.51. The summed E-state index contributed by atoms with van der Waals surface area (Å²) in [4.78, 5) is 9.42. The molecule has 1 N–H and O–H groups in total. The first-order valence-electron chi connectivity index (χ1n) is 6.75. The molecule has 120 valence electrons. The zero-order chi connectivity index (χ0) is 16.0. The molecule has 0 saturated heterocycles. The van der Waals surface area contributed by atoms with Crippen molar-refractivity contribution in [3.05, 3.63) is 11.8 Å². The van der Waals surface area contributed by atoms with E-state index in [-0.39, 0.29) is 17.8 Å². The number of ether oxygens (including phenoxy) is 1. The van der Waals surface area contributed by atoms with Crippen LogP contribution in [0.1, 0.15) is 26.5 Å². The van der Waals surface area contributed by atoms with Crippen LogP contribution in [0.5, 0.6) is 0 Å². The number of aromatic nitrogens is 2. The molecule has 1 aromatic rings. The Balaban J connectivity index is 3.21. The summed E-state index contributed by atoms with van der Waals surface area (Å²) in [6.45, 7) is 6.85. The molecule has 0 saturated carbocycles. The van der Waals surface area contributed by atoms with Crippen LogP contribution in [0.2, 0.25) is 0 Å². The van der Waals surface area contributed by atoms with Gasteiger partial charge in [0.15, 0.2) is 5.69 Å². The summed E-state index contributed by atoms with van der Waals surface area (Å²) in [5, 5.41) is 2.73. The van der Waals surface area contributed by atoms with E-state index in [1.54, 1.807) is 18.9 Å². The maximum atomic E-state index is 12.9. The molecular weight excluding hydrogens is 285 g/mol. The van der Waals surface area contributed by atoms with E-state index >= 15 is 0 Å². The lowest BCUT2D eigenvalue weighted by atomic mass is 10.3. The predicted molar refractivity (Wildman–Crippen MR) is 75.6 cm³/mol. The fraction of sp³-hybridized carbons (Fsp3) is 0.692. The van der Waals surface area contributed by atoms with E-state index in [1.807, 2.05) is 13.8 Å². The summed E-state index contributed by atoms with van der Waals surface area (Å²) in [7, 11) is 1.55. The minimum absolute atomic E-state index is 0.00869. The molecule has 0 aliphatic carbocycles. The molecule has 0 amide bonds. The molecule has 1 rings (SSSR count). The first-order valence-corrected chi connectivity index (χ1v) is 6.75. The van der Waals surface area contributed by atoms with Gasteiger partial charge in [0.25, 0.3) is 0 Å². The third-order valence-electron chi connectivity index (χ3n) is 2.79. The Morgan fingerprint density at radius 2 is 2.00 bits per heavy atom. The van der Waals surface area contributed by atoms with Crippen LogP contribution in [-0.2, 0) is 10.9 Å². The van der Waals surface area contributed by atoms with Crippen LogP contribution in [0.25, 0.3) is 0 Å². The Morgan fingerprint density at radius 1 is 1.33 bits per heavy atom. The highest BCUT2D eigenvalue weighted by molar-refractivity contribution is 5.46. The third-order valence-corrected chi connectivity index (χ3v) is 2.79. The maximum absolute atomic E-state index is 12.9. The van der Waals surface area contributed by atoms with Gasteiger partial charge in [0, 0.05) is 32.3 Å². The number of methoxy groups -OCH3 is 1. The summed E-state index contributed by atoms with van der Waals surface area (Å²) in [6.07, 6.45) is -4.51. The topological polar surface area (TPSA) is 50.3 Å². The second-order valence-corrected chi connectivity index (χ2v) is 4.74. The zero-order valence-corrected chi connectivity index (χ0v) is 12.7. The Bertz CT molecular complexity index is 452. The number of nitrogens with one attached hydrogen (secondary N) is 1. The van der Waals surface area contributed by atoms with Crippen LogP contribution >= 0.6 is 0 Å². The van der Waals surface area contributed by atoms with Gasteiger partial charge >= 0.3 is 6.18 Å². The second-order valence-electron chi connectivity index (χ2n) is 4.74. The molecular formula is C13H21F3N4O. The van der Waals surface area contributed by atoms with Gasteiger partial charge in [-0.2, -0.15) is 18.2 Å². The molecule has 1 aromatic heterocycles. The number of anilines is 2. The van der Waals surface area contributed by atoms with Crippen molar-refractivity contribution in [3.8, 4) is 0 Å². The monoisotopic (exact) mass is 306 g/mol. The summed E-state index contributed by atoms with van der Waals surface area (Å²) in [5.74, 6) is 0.214. The predicted octanol–water partition coefficient (Wildman–Crippen LogP) is 2.79. The average Bonchev–Trinajstić information content (AvgIpc) is 2.38. The lowest BCUT2D eigenvalue weighted by Gasteiger charge is -2.28. The fourth-order valence-corrected chi connectivity index (χ4v) is 1.79. The van der Waals surface area contributed by atoms with Crippen LogP contribution < -0.4 is 10.2 Å². The standard InChI is InChI=1S/C13H21F3N4O/c1-5-17-12-18-10(13(14,15)16)8-11(19-12)20(9(2)3)6-7-21-4/h8-9H,5-7H2,1-4H3,(H,17,18,19). The smallest absolute Gasteiger partial charge is 0.383 e. The lowest BCUT2D eigenvalue weighted by Crippen LogP contribution is -2.35. The summed E-state index contributed by atoms with van der Waals surface area (Å²) in [6, 6.07) is 0.960. The van der Waals surface area contributed by atoms with E-state index in [2.05, 4.69) is 15.3 Å². The van der Waals surface area contributed by atoms with E-state index in [9.17, 15) is 13.2 Å². The molecule has 8 heteroatoms. The lowest BCUT2D eigenvalue weighted by molar-refractivity contribution is -0.141. The second kappa shape index (κ2) is 7.44. The Labute approximate surface area is 122 Å². The number of hydrogen-bond donors (Lipinski definition) is 1. The van der Waals surface area contributed by atoms with Crippen LogP contribution in [0.4, 0.5) is 24.9 Å². The zero-order valence-electron chi connectivity index (χ0n) is 12.7. The first kappa shape index (κ1) is 17.5. The number of hydrogen-bond acceptors (Lipinski definition) is 5. The van der Waals surface area contributed by atoms with Crippen molar-refractivity contribution in [2.45, 2.75) is 33.0 Å². The summed E-state index contributed by atoms with van der Waals surface area (Å²) < 4.78 is 43.8. The summed E-state index contributed by atoms with van der Waals surface area (Å²) in [5.41, 5.74) is -0.952. The van der Waals surface area contributed by atoms with E-state index in [4.69, 9.17) is 4.74 Å². The van der Waals surface area contributed by atoms with E-state index in [0.717, 1.165) is 6.07 Å². The average molecular weight is 306 g/mol. The number of halogens is 3. The summed E-state index contributed by atoms with van der Waals surface area (Å²) >= 11 is 0. The third kappa shape index (κ3) is 5.04. The molecule has 0 radical (unpaired) electrons. The van der Waals surface area contributed by atoms with Gasteiger partial charge in [0.05, 0.1) is 6.61 Å². The number of alkyl halides is 3. The van der Waals surface area contributed by atoms with Gasteiger partial charge in [-0.1, -0.05) is 0 Å². The highest BCUT2D eigenvalue weighted by Gasteiger charge is 2.34. The molecule has 0 aliphatic rings. The number of rotatable bonds is 7. The van der Waals surface area contributed by atoms with Crippen LogP contribution in [0.3, 0.4) is 0 Å². The van der Waals surface area contributed by atoms with Crippen molar-refractivity contribution in [1.29, 1.82) is 0 Å². The first-order chi connectivity index (χ1) is 9.79. The minimum Gasteiger partial charge on any atom is -0.383 e. The van der Waals surface area contributed by atoms with Gasteiger partial charge in [-0.25, -0.2) is 4.98 Å². The van der Waals surface area contributed by atoms with Gasteiger partial charge < -0.3 is 15.0 Å². The quantitative estimate of drug-likeness (QED) is 0.839. The SMILES string of the molecule is CCNc1nc(N(CCOC)C(C)C)cc(C(F)(F)F)n1. The molecule has 0 atom stereocenters. The van der Waals surface area contributed by atoms with E-state index < -0.39 is 11.9 Å². The van der Waals surface area contributed by atoms with Crippen LogP contribution in [0.15, 0.2) is 6.07 Å². The van der Waals surface area contributed by atoms with Crippen molar-refractivity contribution < 1.29 is 17.9 Å². The van der Waals surface area contributed by atoms with Crippen LogP contribution in [0, 0.1) is 0 Å². The van der Waals surface area contributed by atoms with Gasteiger partial charge in [-0.05, 0) is 20.8 Å². The van der Waals surface area contributed by atoms with Crippen molar-refractivity contribution in [3.63, 3.8) is 0 Å². The molecule has 0 spiro atoms. The Kier molecular flexibility index (Phi) is 6.19. The van der Waals surface area contributed by atoms with Gasteiger partial charge in [0.1, 0.15) is 5.82 Å². The molecule has 0 aliphatic heterocycles. The van der Waals surface area contributed by atoms with Gasteiger partial charge in [-0.15, -0.1) is 0 Å². The molecule has 0 bridgehead atoms. The number of nitrogens with zero attached hydrogens (tertiary/aromatic N) is 3.